The highest BCUT2D eigenvalue weighted by Gasteiger charge is 2.15. The van der Waals surface area contributed by atoms with Gasteiger partial charge >= 0.3 is 23.9 Å². The van der Waals surface area contributed by atoms with Crippen LogP contribution in [0.2, 0.25) is 0 Å². The second-order valence-electron chi connectivity index (χ2n) is 7.86. The molecule has 0 fully saturated rings. The first-order chi connectivity index (χ1) is 17.5. The van der Waals surface area contributed by atoms with E-state index >= 15 is 0 Å². The van der Waals surface area contributed by atoms with Gasteiger partial charge in [-0.25, -0.2) is 9.59 Å². The summed E-state index contributed by atoms with van der Waals surface area (Å²) in [7, 11) is 0. The van der Waals surface area contributed by atoms with Crippen LogP contribution in [0.15, 0.2) is 41.3 Å². The predicted molar refractivity (Wildman–Crippen MR) is 136 cm³/mol. The molecule has 0 radical (unpaired) electrons. The topological polar surface area (TPSA) is 160 Å². The number of aryl methyl sites for hydroxylation is 1. The van der Waals surface area contributed by atoms with Crippen molar-refractivity contribution in [2.24, 2.45) is 0 Å². The summed E-state index contributed by atoms with van der Waals surface area (Å²) in [6, 6.07) is 9.04. The Morgan fingerprint density at radius 1 is 0.865 bits per heavy atom. The summed E-state index contributed by atoms with van der Waals surface area (Å²) in [6.07, 6.45) is 0. The van der Waals surface area contributed by atoms with Gasteiger partial charge in [-0.15, -0.1) is 11.8 Å². The van der Waals surface area contributed by atoms with E-state index in [0.29, 0.717) is 29.4 Å². The van der Waals surface area contributed by atoms with Crippen LogP contribution in [0, 0.1) is 6.92 Å². The molecule has 0 bridgehead atoms. The van der Waals surface area contributed by atoms with Crippen LogP contribution in [0.25, 0.3) is 0 Å². The molecule has 12 heteroatoms. The average Bonchev–Trinajstić information content (AvgIpc) is 2.82. The number of hydrogen-bond acceptors (Lipinski definition) is 9. The van der Waals surface area contributed by atoms with E-state index in [2.05, 4.69) is 5.32 Å². The van der Waals surface area contributed by atoms with Gasteiger partial charge in [0, 0.05) is 30.1 Å². The van der Waals surface area contributed by atoms with Crippen LogP contribution in [0.4, 0.5) is 11.4 Å². The minimum Gasteiger partial charge on any atom is -0.478 e. The molecular formula is C25H28N2O9S. The second-order valence-corrected chi connectivity index (χ2v) is 8.91. The number of carboxylic acids is 2. The molecule has 0 heterocycles. The number of thioether (sulfide) groups is 1. The molecule has 0 saturated heterocycles. The SMILES string of the molecule is CC(=O)OCCN(CCOC(C)=O)c1ccc(C)c(NC(=O)CSc2cc(C(=O)O)cc(C(=O)O)c2)c1. The zero-order chi connectivity index (χ0) is 27.5. The van der Waals surface area contributed by atoms with Crippen molar-refractivity contribution in [3.63, 3.8) is 0 Å². The van der Waals surface area contributed by atoms with E-state index in [9.17, 15) is 34.2 Å². The van der Waals surface area contributed by atoms with Crippen LogP contribution < -0.4 is 10.2 Å². The zero-order valence-electron chi connectivity index (χ0n) is 20.6. The maximum Gasteiger partial charge on any atom is 0.335 e. The third-order valence-corrected chi connectivity index (χ3v) is 5.94. The fourth-order valence-corrected chi connectivity index (χ4v) is 3.97. The molecule has 0 spiro atoms. The Balaban J connectivity index is 2.13. The number of benzene rings is 2. The third kappa shape index (κ3) is 9.84. The van der Waals surface area contributed by atoms with Crippen molar-refractivity contribution >= 4 is 52.9 Å². The first kappa shape index (κ1) is 29.2. The molecule has 2 aromatic rings. The minimum absolute atomic E-state index is 0.0889. The second kappa shape index (κ2) is 13.9. The monoisotopic (exact) mass is 532 g/mol. The number of anilines is 2. The highest BCUT2D eigenvalue weighted by Crippen LogP contribution is 2.25. The van der Waals surface area contributed by atoms with Crippen LogP contribution in [-0.4, -0.2) is 72.1 Å². The maximum absolute atomic E-state index is 12.7. The number of ether oxygens (including phenoxy) is 2. The van der Waals surface area contributed by atoms with E-state index in [1.165, 1.54) is 26.0 Å². The summed E-state index contributed by atoms with van der Waals surface area (Å²) in [5, 5.41) is 21.2. The van der Waals surface area contributed by atoms with Crippen LogP contribution in [-0.2, 0) is 23.9 Å². The van der Waals surface area contributed by atoms with Crippen molar-refractivity contribution in [1.82, 2.24) is 0 Å². The van der Waals surface area contributed by atoms with Crippen molar-refractivity contribution in [3.05, 3.63) is 53.1 Å². The third-order valence-electron chi connectivity index (χ3n) is 4.96. The highest BCUT2D eigenvalue weighted by atomic mass is 32.2. The molecule has 37 heavy (non-hydrogen) atoms. The Morgan fingerprint density at radius 2 is 1.41 bits per heavy atom. The summed E-state index contributed by atoms with van der Waals surface area (Å²) in [4.78, 5) is 59.7. The quantitative estimate of drug-likeness (QED) is 0.257. The van der Waals surface area contributed by atoms with Crippen molar-refractivity contribution in [1.29, 1.82) is 0 Å². The molecule has 2 rings (SSSR count). The number of aromatic carboxylic acids is 2. The van der Waals surface area contributed by atoms with Crippen LogP contribution >= 0.6 is 11.8 Å². The molecule has 3 N–H and O–H groups in total. The molecule has 0 aliphatic carbocycles. The first-order valence-electron chi connectivity index (χ1n) is 11.1. The van der Waals surface area contributed by atoms with Gasteiger partial charge in [-0.3, -0.25) is 14.4 Å². The molecule has 0 aliphatic rings. The number of nitrogens with one attached hydrogen (secondary N) is 1. The van der Waals surface area contributed by atoms with Gasteiger partial charge < -0.3 is 29.9 Å². The largest absolute Gasteiger partial charge is 0.478 e. The van der Waals surface area contributed by atoms with Gasteiger partial charge in [0.25, 0.3) is 0 Å². The van der Waals surface area contributed by atoms with Gasteiger partial charge in [-0.1, -0.05) is 6.07 Å². The number of carbonyl (C=O) groups is 5. The molecule has 0 aliphatic heterocycles. The molecule has 1 amide bonds. The number of rotatable bonds is 13. The molecular weight excluding hydrogens is 504 g/mol. The Bertz CT molecular complexity index is 1130. The van der Waals surface area contributed by atoms with Crippen molar-refractivity contribution < 1.29 is 43.7 Å². The Kier molecular flexibility index (Phi) is 10.9. The minimum atomic E-state index is -1.27. The summed E-state index contributed by atoms with van der Waals surface area (Å²) < 4.78 is 10.1. The van der Waals surface area contributed by atoms with Gasteiger partial charge in [0.15, 0.2) is 0 Å². The Morgan fingerprint density at radius 3 is 1.89 bits per heavy atom. The van der Waals surface area contributed by atoms with E-state index in [0.717, 1.165) is 23.4 Å². The summed E-state index contributed by atoms with van der Waals surface area (Å²) in [6.45, 7) is 5.33. The lowest BCUT2D eigenvalue weighted by molar-refractivity contribution is -0.141. The van der Waals surface area contributed by atoms with Crippen LogP contribution in [0.5, 0.6) is 0 Å². The van der Waals surface area contributed by atoms with Crippen molar-refractivity contribution in [2.75, 3.05) is 42.3 Å². The van der Waals surface area contributed by atoms with Crippen molar-refractivity contribution in [3.8, 4) is 0 Å². The molecule has 0 aromatic heterocycles. The molecule has 0 saturated carbocycles. The molecule has 11 nitrogen and oxygen atoms in total. The van der Waals surface area contributed by atoms with Crippen LogP contribution in [0.1, 0.15) is 40.1 Å². The average molecular weight is 533 g/mol. The molecule has 0 unspecified atom stereocenters. The lowest BCUT2D eigenvalue weighted by Gasteiger charge is -2.25. The number of esters is 2. The van der Waals surface area contributed by atoms with Gasteiger partial charge in [-0.05, 0) is 42.8 Å². The van der Waals surface area contributed by atoms with Gasteiger partial charge in [0.2, 0.25) is 5.91 Å². The molecule has 2 aromatic carbocycles. The van der Waals surface area contributed by atoms with Gasteiger partial charge in [-0.2, -0.15) is 0 Å². The Hall–Kier alpha value is -4.06. The van der Waals surface area contributed by atoms with Crippen molar-refractivity contribution in [2.45, 2.75) is 25.7 Å². The maximum atomic E-state index is 12.7. The van der Waals surface area contributed by atoms with E-state index in [4.69, 9.17) is 9.47 Å². The summed E-state index contributed by atoms with van der Waals surface area (Å²) in [5.74, 6) is -3.84. The first-order valence-corrected chi connectivity index (χ1v) is 12.1. The van der Waals surface area contributed by atoms with E-state index in [-0.39, 0.29) is 36.0 Å². The fraction of sp³-hybridized carbons (Fsp3) is 0.320. The summed E-state index contributed by atoms with van der Waals surface area (Å²) in [5.41, 5.74) is 1.64. The standard InChI is InChI=1S/C25H28N2O9S/c1-15-4-5-20(27(6-8-35-16(2)28)7-9-36-17(3)29)13-22(15)26-23(30)14-37-21-11-18(24(31)32)10-19(12-21)25(33)34/h4-5,10-13H,6-9,14H2,1-3H3,(H,26,30)(H,31,32)(H,33,34). The van der Waals surface area contributed by atoms with Crippen LogP contribution in [0.3, 0.4) is 0 Å². The van der Waals surface area contributed by atoms with Gasteiger partial charge in [0.1, 0.15) is 13.2 Å². The molecule has 198 valence electrons. The number of hydrogen-bond donors (Lipinski definition) is 3. The smallest absolute Gasteiger partial charge is 0.335 e. The predicted octanol–water partition coefficient (Wildman–Crippen LogP) is 3.05. The number of nitrogens with zero attached hydrogens (tertiary/aromatic N) is 1. The number of carbonyl (C=O) groups excluding carboxylic acids is 3. The number of carboxylic acid groups (broad SMARTS) is 2. The highest BCUT2D eigenvalue weighted by molar-refractivity contribution is 8.00. The fourth-order valence-electron chi connectivity index (χ4n) is 3.17. The lowest BCUT2D eigenvalue weighted by atomic mass is 10.1. The van der Waals surface area contributed by atoms with E-state index in [1.807, 2.05) is 17.9 Å². The van der Waals surface area contributed by atoms with E-state index in [1.54, 1.807) is 12.1 Å². The van der Waals surface area contributed by atoms with E-state index < -0.39 is 23.9 Å². The normalized spacial score (nSPS) is 10.4. The molecule has 0 atom stereocenters. The lowest BCUT2D eigenvalue weighted by Crippen LogP contribution is -2.32. The zero-order valence-corrected chi connectivity index (χ0v) is 21.4. The van der Waals surface area contributed by atoms with Gasteiger partial charge in [0.05, 0.1) is 30.0 Å². The number of amides is 1. The Labute approximate surface area is 217 Å². The summed E-state index contributed by atoms with van der Waals surface area (Å²) >= 11 is 1.01.